The largest absolute Gasteiger partial charge is 0.481 e. The van der Waals surface area contributed by atoms with Crippen molar-refractivity contribution in [3.63, 3.8) is 0 Å². The van der Waals surface area contributed by atoms with Crippen LogP contribution in [0.2, 0.25) is 0 Å². The highest BCUT2D eigenvalue weighted by Gasteiger charge is 2.32. The van der Waals surface area contributed by atoms with E-state index in [1.807, 2.05) is 0 Å². The molecule has 3 aromatic carbocycles. The highest BCUT2D eigenvalue weighted by molar-refractivity contribution is 7.90. The molecule has 6 nitrogen and oxygen atoms in total. The number of benzene rings is 3. The predicted molar refractivity (Wildman–Crippen MR) is 124 cm³/mol. The normalized spacial score (nSPS) is 12.3. The molecule has 4 aromatic rings. The number of hydrogen-bond donors (Lipinski definition) is 1. The summed E-state index contributed by atoms with van der Waals surface area (Å²) in [6, 6.07) is 11.5. The number of halogens is 6. The molecule has 0 aliphatic rings. The van der Waals surface area contributed by atoms with E-state index in [1.54, 1.807) is 0 Å². The van der Waals surface area contributed by atoms with Gasteiger partial charge in [-0.15, -0.1) is 0 Å². The Morgan fingerprint density at radius 1 is 0.974 bits per heavy atom. The van der Waals surface area contributed by atoms with Gasteiger partial charge in [0.05, 0.1) is 22.4 Å². The van der Waals surface area contributed by atoms with Crippen LogP contribution >= 0.6 is 0 Å². The predicted octanol–water partition coefficient (Wildman–Crippen LogP) is 6.32. The van der Waals surface area contributed by atoms with E-state index >= 15 is 0 Å². The zero-order valence-electron chi connectivity index (χ0n) is 19.0. The molecule has 1 heterocycles. The molecule has 4 rings (SSSR count). The zero-order valence-corrected chi connectivity index (χ0v) is 19.9. The van der Waals surface area contributed by atoms with Crippen LogP contribution in [-0.4, -0.2) is 30.1 Å². The van der Waals surface area contributed by atoms with Crippen molar-refractivity contribution < 1.29 is 49.4 Å². The first-order valence-corrected chi connectivity index (χ1v) is 12.2. The van der Waals surface area contributed by atoms with E-state index in [-0.39, 0.29) is 28.8 Å². The van der Waals surface area contributed by atoms with Crippen LogP contribution in [0.3, 0.4) is 0 Å². The monoisotopic (exact) mass is 557 g/mol. The van der Waals surface area contributed by atoms with Crippen molar-refractivity contribution in [2.75, 3.05) is 0 Å². The topological polar surface area (TPSA) is 85.6 Å². The lowest BCUT2D eigenvalue weighted by Crippen LogP contribution is -2.17. The van der Waals surface area contributed by atoms with Gasteiger partial charge in [-0.1, -0.05) is 18.2 Å². The van der Waals surface area contributed by atoms with Crippen molar-refractivity contribution in [3.05, 3.63) is 83.8 Å². The second kappa shape index (κ2) is 10.0. The minimum Gasteiger partial charge on any atom is -0.481 e. The van der Waals surface area contributed by atoms with Crippen LogP contribution in [0.4, 0.5) is 26.3 Å². The molecule has 13 heteroatoms. The molecule has 0 aliphatic heterocycles. The average molecular weight is 557 g/mol. The summed E-state index contributed by atoms with van der Waals surface area (Å²) in [7, 11) is -4.69. The maximum absolute atomic E-state index is 14.1. The Kier molecular flexibility index (Phi) is 7.15. The lowest BCUT2D eigenvalue weighted by atomic mass is 10.0. The molecule has 0 amide bonds. The third-order valence-electron chi connectivity index (χ3n) is 5.56. The van der Waals surface area contributed by atoms with Crippen molar-refractivity contribution in [3.8, 4) is 16.9 Å². The molecule has 0 radical (unpaired) electrons. The number of rotatable bonds is 8. The van der Waals surface area contributed by atoms with Gasteiger partial charge in [-0.25, -0.2) is 16.8 Å². The smallest absolute Gasteiger partial charge is 0.416 e. The first kappa shape index (κ1) is 27.0. The molecular weight excluding hydrogens is 540 g/mol. The van der Waals surface area contributed by atoms with E-state index in [9.17, 15) is 39.6 Å². The summed E-state index contributed by atoms with van der Waals surface area (Å²) in [4.78, 5) is 10.5. The number of aryl methyl sites for hydroxylation is 1. The van der Waals surface area contributed by atoms with E-state index in [0.717, 1.165) is 34.3 Å². The number of ether oxygens (including phenoxy) is 1. The summed E-state index contributed by atoms with van der Waals surface area (Å²) in [6.45, 7) is -3.22. The Labute approximate surface area is 211 Å². The third-order valence-corrected chi connectivity index (χ3v) is 7.32. The van der Waals surface area contributed by atoms with Gasteiger partial charge >= 0.3 is 18.8 Å². The van der Waals surface area contributed by atoms with Gasteiger partial charge in [0.25, 0.3) is 10.0 Å². The van der Waals surface area contributed by atoms with Crippen LogP contribution in [-0.2, 0) is 27.4 Å². The molecule has 0 bridgehead atoms. The second-order valence-corrected chi connectivity index (χ2v) is 9.94. The highest BCUT2D eigenvalue weighted by Crippen LogP contribution is 2.35. The average Bonchev–Trinajstić information content (AvgIpc) is 3.20. The number of carbonyl (C=O) groups is 1. The second-order valence-electron chi connectivity index (χ2n) is 8.15. The number of alkyl halides is 5. The molecule has 38 heavy (non-hydrogen) atoms. The molecule has 0 aliphatic carbocycles. The van der Waals surface area contributed by atoms with Crippen LogP contribution < -0.4 is 4.74 Å². The first-order chi connectivity index (χ1) is 17.8. The Bertz CT molecular complexity index is 1630. The van der Waals surface area contributed by atoms with Crippen molar-refractivity contribution in [1.82, 2.24) is 3.97 Å². The number of fused-ring (bicyclic) bond motifs is 1. The summed E-state index contributed by atoms with van der Waals surface area (Å²) in [5.74, 6) is -2.62. The number of carboxylic acids is 1. The fourth-order valence-corrected chi connectivity index (χ4v) is 5.55. The fourth-order valence-electron chi connectivity index (χ4n) is 3.95. The molecular formula is C25H17F6NO5S. The van der Waals surface area contributed by atoms with E-state index in [4.69, 9.17) is 5.11 Å². The summed E-state index contributed by atoms with van der Waals surface area (Å²) in [5.41, 5.74) is -1.02. The molecule has 1 N–H and O–H groups in total. The standard InChI is InChI=1S/C25H17F6NO5S/c26-18-8-16(10-20(13-18)37-24(27)28)14-4-5-15-9-19(6-7-23(33)34)32(22(15)11-14)38(35,36)21-3-1-2-17(12-21)25(29,30)31/h1-5,8-13,24H,6-7H2,(H,33,34). The SMILES string of the molecule is O=C(O)CCc1cc2ccc(-c3cc(F)cc(OC(F)F)c3)cc2n1S(=O)(=O)c1cccc(C(F)(F)F)c1. The molecule has 0 fully saturated rings. The van der Waals surface area contributed by atoms with E-state index in [0.29, 0.717) is 17.5 Å². The molecule has 0 unspecified atom stereocenters. The van der Waals surface area contributed by atoms with Crippen molar-refractivity contribution in [1.29, 1.82) is 0 Å². The molecule has 0 saturated carbocycles. The van der Waals surface area contributed by atoms with Crippen molar-refractivity contribution >= 4 is 26.9 Å². The summed E-state index contributed by atoms with van der Waals surface area (Å²) in [5, 5.41) is 9.41. The maximum Gasteiger partial charge on any atom is 0.416 e. The number of aromatic nitrogens is 1. The molecule has 0 atom stereocenters. The molecule has 0 spiro atoms. The van der Waals surface area contributed by atoms with Crippen molar-refractivity contribution in [2.45, 2.75) is 30.5 Å². The number of nitrogens with zero attached hydrogens (tertiary/aromatic N) is 1. The number of carboxylic acid groups (broad SMARTS) is 1. The lowest BCUT2D eigenvalue weighted by Gasteiger charge is -2.14. The Morgan fingerprint density at radius 2 is 1.71 bits per heavy atom. The van der Waals surface area contributed by atoms with E-state index in [1.165, 1.54) is 24.3 Å². The van der Waals surface area contributed by atoms with Crippen LogP contribution in [0.15, 0.2) is 71.6 Å². The highest BCUT2D eigenvalue weighted by atomic mass is 32.2. The Balaban J connectivity index is 1.93. The molecule has 1 aromatic heterocycles. The lowest BCUT2D eigenvalue weighted by molar-refractivity contribution is -0.138. The van der Waals surface area contributed by atoms with Gasteiger partial charge in [0, 0.05) is 17.1 Å². The van der Waals surface area contributed by atoms with Crippen LogP contribution in [0, 0.1) is 5.82 Å². The van der Waals surface area contributed by atoms with Crippen molar-refractivity contribution in [2.24, 2.45) is 0 Å². The van der Waals surface area contributed by atoms with E-state index in [2.05, 4.69) is 4.74 Å². The molecule has 200 valence electrons. The summed E-state index contributed by atoms with van der Waals surface area (Å²) < 4.78 is 111. The maximum atomic E-state index is 14.1. The van der Waals surface area contributed by atoms with Crippen LogP contribution in [0.5, 0.6) is 5.75 Å². The third kappa shape index (κ3) is 5.62. The Hall–Kier alpha value is -4.00. The van der Waals surface area contributed by atoms with Gasteiger partial charge in [0.2, 0.25) is 0 Å². The first-order valence-electron chi connectivity index (χ1n) is 10.8. The van der Waals surface area contributed by atoms with E-state index < -0.39 is 57.2 Å². The Morgan fingerprint density at radius 3 is 2.37 bits per heavy atom. The zero-order chi connectivity index (χ0) is 27.8. The minimum atomic E-state index is -4.82. The summed E-state index contributed by atoms with van der Waals surface area (Å²) in [6.07, 6.45) is -5.57. The number of aliphatic carboxylic acids is 1. The quantitative estimate of drug-likeness (QED) is 0.256. The minimum absolute atomic E-state index is 0.0158. The van der Waals surface area contributed by atoms with Gasteiger partial charge in [-0.05, 0) is 60.0 Å². The number of hydrogen-bond acceptors (Lipinski definition) is 4. The van der Waals surface area contributed by atoms with Gasteiger partial charge in [-0.3, -0.25) is 4.79 Å². The van der Waals surface area contributed by atoms with Gasteiger partial charge in [0.1, 0.15) is 11.6 Å². The fraction of sp³-hybridized carbons (Fsp3) is 0.160. The van der Waals surface area contributed by atoms with Gasteiger partial charge in [-0.2, -0.15) is 22.0 Å². The van der Waals surface area contributed by atoms with Gasteiger partial charge in [0.15, 0.2) is 0 Å². The molecule has 0 saturated heterocycles. The van der Waals surface area contributed by atoms with Crippen LogP contribution in [0.25, 0.3) is 22.0 Å². The van der Waals surface area contributed by atoms with Gasteiger partial charge < -0.3 is 9.84 Å². The van der Waals surface area contributed by atoms with Crippen LogP contribution in [0.1, 0.15) is 17.7 Å². The summed E-state index contributed by atoms with van der Waals surface area (Å²) >= 11 is 0.